The van der Waals surface area contributed by atoms with Crippen molar-refractivity contribution in [3.05, 3.63) is 30.3 Å². The lowest BCUT2D eigenvalue weighted by Gasteiger charge is -2.15. The Morgan fingerprint density at radius 1 is 1.30 bits per heavy atom. The molecule has 1 N–H and O–H groups in total. The summed E-state index contributed by atoms with van der Waals surface area (Å²) in [6, 6.07) is 5.40. The predicted molar refractivity (Wildman–Crippen MR) is 80.4 cm³/mol. The summed E-state index contributed by atoms with van der Waals surface area (Å²) in [4.78, 5) is 32.2. The maximum absolute atomic E-state index is 11.9. The minimum atomic E-state index is -0.862. The molecule has 0 aliphatic rings. The van der Waals surface area contributed by atoms with Gasteiger partial charge >= 0.3 is 5.97 Å². The fraction of sp³-hybridized carbons (Fsp3) is 0.400. The van der Waals surface area contributed by atoms with Gasteiger partial charge in [-0.3, -0.25) is 14.6 Å². The first-order valence-electron chi connectivity index (χ1n) is 7.26. The van der Waals surface area contributed by atoms with Crippen LogP contribution >= 0.6 is 0 Å². The van der Waals surface area contributed by atoms with E-state index in [9.17, 15) is 9.59 Å². The number of carboxylic acid groups (broad SMARTS) is 1. The van der Waals surface area contributed by atoms with E-state index in [0.29, 0.717) is 36.8 Å². The first-order chi connectivity index (χ1) is 11.1. The minimum absolute atomic E-state index is 0.0503. The minimum Gasteiger partial charge on any atom is -0.481 e. The summed E-state index contributed by atoms with van der Waals surface area (Å²) < 4.78 is 5.11. The monoisotopic (exact) mass is 318 g/mol. The molecule has 2 rings (SSSR count). The highest BCUT2D eigenvalue weighted by Gasteiger charge is 2.13. The maximum atomic E-state index is 11.9. The van der Waals surface area contributed by atoms with Crippen LogP contribution < -0.4 is 0 Å². The standard InChI is InChI=1S/C15H18N4O4/c1-19(10-4-6-14(21)22)13(20)8-7-12-17-15(18-23-12)11-5-2-3-9-16-11/h2-3,5,9H,4,6-8,10H2,1H3,(H,21,22). The summed E-state index contributed by atoms with van der Waals surface area (Å²) >= 11 is 0. The lowest BCUT2D eigenvalue weighted by atomic mass is 10.2. The highest BCUT2D eigenvalue weighted by Crippen LogP contribution is 2.13. The van der Waals surface area contributed by atoms with Crippen molar-refractivity contribution < 1.29 is 19.2 Å². The van der Waals surface area contributed by atoms with Gasteiger partial charge in [-0.05, 0) is 18.6 Å². The van der Waals surface area contributed by atoms with Crippen molar-refractivity contribution in [2.24, 2.45) is 0 Å². The Labute approximate surface area is 133 Å². The summed E-state index contributed by atoms with van der Waals surface area (Å²) in [5.41, 5.74) is 0.611. The maximum Gasteiger partial charge on any atom is 0.303 e. The van der Waals surface area contributed by atoms with E-state index < -0.39 is 5.97 Å². The van der Waals surface area contributed by atoms with Crippen LogP contribution in [0.4, 0.5) is 0 Å². The molecule has 2 heterocycles. The summed E-state index contributed by atoms with van der Waals surface area (Å²) in [6.45, 7) is 0.411. The predicted octanol–water partition coefficient (Wildman–Crippen LogP) is 1.39. The Hall–Kier alpha value is -2.77. The van der Waals surface area contributed by atoms with Crippen molar-refractivity contribution in [1.82, 2.24) is 20.0 Å². The van der Waals surface area contributed by atoms with Crippen LogP contribution in [0.15, 0.2) is 28.9 Å². The average molecular weight is 318 g/mol. The van der Waals surface area contributed by atoms with Gasteiger partial charge in [0.1, 0.15) is 5.69 Å². The largest absolute Gasteiger partial charge is 0.481 e. The molecule has 0 atom stereocenters. The fourth-order valence-corrected chi connectivity index (χ4v) is 1.95. The molecule has 8 nitrogen and oxygen atoms in total. The van der Waals surface area contributed by atoms with Crippen molar-refractivity contribution >= 4 is 11.9 Å². The molecule has 0 spiro atoms. The van der Waals surface area contributed by atoms with Crippen molar-refractivity contribution in [2.45, 2.75) is 25.7 Å². The van der Waals surface area contributed by atoms with Crippen LogP contribution in [-0.4, -0.2) is 50.6 Å². The van der Waals surface area contributed by atoms with Gasteiger partial charge in [0.15, 0.2) is 0 Å². The zero-order valence-corrected chi connectivity index (χ0v) is 12.8. The number of carbonyl (C=O) groups is 2. The molecular formula is C15H18N4O4. The van der Waals surface area contributed by atoms with Crippen molar-refractivity contribution in [2.75, 3.05) is 13.6 Å². The van der Waals surface area contributed by atoms with Crippen LogP contribution in [0.5, 0.6) is 0 Å². The van der Waals surface area contributed by atoms with Gasteiger partial charge in [-0.2, -0.15) is 4.98 Å². The highest BCUT2D eigenvalue weighted by atomic mass is 16.5. The number of hydrogen-bond acceptors (Lipinski definition) is 6. The lowest BCUT2D eigenvalue weighted by molar-refractivity contribution is -0.138. The number of carboxylic acids is 1. The van der Waals surface area contributed by atoms with Gasteiger partial charge in [0.2, 0.25) is 17.6 Å². The van der Waals surface area contributed by atoms with E-state index in [2.05, 4.69) is 15.1 Å². The van der Waals surface area contributed by atoms with Crippen molar-refractivity contribution in [3.8, 4) is 11.5 Å². The van der Waals surface area contributed by atoms with Crippen LogP contribution in [0, 0.1) is 0 Å². The lowest BCUT2D eigenvalue weighted by Crippen LogP contribution is -2.28. The van der Waals surface area contributed by atoms with Crippen LogP contribution in [0.1, 0.15) is 25.2 Å². The molecule has 0 aromatic carbocycles. The topological polar surface area (TPSA) is 109 Å². The third kappa shape index (κ3) is 5.17. The molecule has 23 heavy (non-hydrogen) atoms. The third-order valence-corrected chi connectivity index (χ3v) is 3.22. The van der Waals surface area contributed by atoms with Gasteiger partial charge in [-0.1, -0.05) is 11.2 Å². The molecule has 0 radical (unpaired) electrons. The molecule has 0 bridgehead atoms. The molecule has 2 aromatic heterocycles. The van der Waals surface area contributed by atoms with E-state index in [1.807, 2.05) is 6.07 Å². The molecule has 0 aliphatic heterocycles. The van der Waals surface area contributed by atoms with Crippen LogP contribution in [0.2, 0.25) is 0 Å². The van der Waals surface area contributed by atoms with E-state index in [1.165, 1.54) is 4.90 Å². The van der Waals surface area contributed by atoms with Gasteiger partial charge in [0, 0.05) is 39.1 Å². The first-order valence-corrected chi connectivity index (χ1v) is 7.26. The summed E-state index contributed by atoms with van der Waals surface area (Å²) in [5.74, 6) is -0.187. The molecule has 0 fully saturated rings. The van der Waals surface area contributed by atoms with Crippen LogP contribution in [0.3, 0.4) is 0 Å². The zero-order valence-electron chi connectivity index (χ0n) is 12.8. The number of pyridine rings is 1. The van der Waals surface area contributed by atoms with E-state index >= 15 is 0 Å². The second kappa shape index (κ2) is 8.02. The Morgan fingerprint density at radius 2 is 2.13 bits per heavy atom. The number of carbonyl (C=O) groups excluding carboxylic acids is 1. The molecule has 0 saturated carbocycles. The zero-order chi connectivity index (χ0) is 16.7. The molecule has 0 saturated heterocycles. The molecule has 1 amide bonds. The van der Waals surface area contributed by atoms with Gasteiger partial charge in [0.05, 0.1) is 0 Å². The first kappa shape index (κ1) is 16.6. The van der Waals surface area contributed by atoms with E-state index in [1.54, 1.807) is 25.4 Å². The number of amides is 1. The average Bonchev–Trinajstić information content (AvgIpc) is 3.02. The number of nitrogens with zero attached hydrogens (tertiary/aromatic N) is 4. The van der Waals surface area contributed by atoms with Crippen molar-refractivity contribution in [1.29, 1.82) is 0 Å². The second-order valence-electron chi connectivity index (χ2n) is 5.04. The normalized spacial score (nSPS) is 10.5. The van der Waals surface area contributed by atoms with Crippen LogP contribution in [0.25, 0.3) is 11.5 Å². The molecule has 8 heteroatoms. The summed E-state index contributed by atoms with van der Waals surface area (Å²) in [5, 5.41) is 12.4. The Balaban J connectivity index is 1.80. The number of rotatable bonds is 8. The number of aryl methyl sites for hydroxylation is 1. The Morgan fingerprint density at radius 3 is 2.83 bits per heavy atom. The summed E-state index contributed by atoms with van der Waals surface area (Å²) in [6.07, 6.45) is 2.69. The molecule has 122 valence electrons. The van der Waals surface area contributed by atoms with E-state index in [4.69, 9.17) is 9.63 Å². The third-order valence-electron chi connectivity index (χ3n) is 3.22. The van der Waals surface area contributed by atoms with Gasteiger partial charge in [-0.15, -0.1) is 0 Å². The van der Waals surface area contributed by atoms with Crippen LogP contribution in [-0.2, 0) is 16.0 Å². The number of aromatic nitrogens is 3. The Bertz CT molecular complexity index is 657. The van der Waals surface area contributed by atoms with Gasteiger partial charge in [0.25, 0.3) is 0 Å². The second-order valence-corrected chi connectivity index (χ2v) is 5.04. The van der Waals surface area contributed by atoms with E-state index in [-0.39, 0.29) is 18.7 Å². The van der Waals surface area contributed by atoms with Crippen molar-refractivity contribution in [3.63, 3.8) is 0 Å². The van der Waals surface area contributed by atoms with E-state index in [0.717, 1.165) is 0 Å². The fourth-order valence-electron chi connectivity index (χ4n) is 1.95. The molecule has 0 unspecified atom stereocenters. The highest BCUT2D eigenvalue weighted by molar-refractivity contribution is 5.76. The molecular weight excluding hydrogens is 300 g/mol. The number of aliphatic carboxylic acids is 1. The summed E-state index contributed by atoms with van der Waals surface area (Å²) in [7, 11) is 1.65. The quantitative estimate of drug-likeness (QED) is 0.783. The Kier molecular flexibility index (Phi) is 5.79. The smallest absolute Gasteiger partial charge is 0.303 e. The SMILES string of the molecule is CN(CCCC(=O)O)C(=O)CCc1nc(-c2ccccn2)no1. The molecule has 0 aliphatic carbocycles. The molecule has 2 aromatic rings. The number of hydrogen-bond donors (Lipinski definition) is 1. The van der Waals surface area contributed by atoms with Gasteiger partial charge in [-0.25, -0.2) is 0 Å². The van der Waals surface area contributed by atoms with Gasteiger partial charge < -0.3 is 14.5 Å².